The number of nitrogens with one attached hydrogen (secondary N) is 1. The van der Waals surface area contributed by atoms with E-state index in [1.54, 1.807) is 12.3 Å². The molecule has 0 spiro atoms. The Morgan fingerprint density at radius 1 is 0.946 bits per heavy atom. The van der Waals surface area contributed by atoms with Crippen molar-refractivity contribution < 1.29 is 9.13 Å². The van der Waals surface area contributed by atoms with Crippen LogP contribution in [0.1, 0.15) is 22.3 Å². The van der Waals surface area contributed by atoms with Gasteiger partial charge in [-0.25, -0.2) is 4.98 Å². The molecule has 2 saturated heterocycles. The number of nitrogens with zero attached hydrogens (tertiary/aromatic N) is 4. The Kier molecular flexibility index (Phi) is 6.17. The van der Waals surface area contributed by atoms with Crippen LogP contribution in [0.3, 0.4) is 0 Å². The van der Waals surface area contributed by atoms with Crippen LogP contribution >= 0.6 is 0 Å². The van der Waals surface area contributed by atoms with Gasteiger partial charge in [0.15, 0.2) is 0 Å². The van der Waals surface area contributed by atoms with Crippen molar-refractivity contribution in [2.45, 2.75) is 38.1 Å². The molecule has 7 rings (SSSR count). The molecule has 0 saturated carbocycles. The predicted molar refractivity (Wildman–Crippen MR) is 143 cm³/mol. The highest BCUT2D eigenvalue weighted by atomic mass is 19.1. The van der Waals surface area contributed by atoms with Crippen molar-refractivity contribution >= 4 is 5.69 Å². The Bertz CT molecular complexity index is 1300. The molecular formula is C30H34FN5O. The van der Waals surface area contributed by atoms with Gasteiger partial charge in [-0.1, -0.05) is 30.3 Å². The van der Waals surface area contributed by atoms with Crippen LogP contribution in [0, 0.1) is 5.95 Å². The molecule has 0 amide bonds. The number of hydrogen-bond donors (Lipinski definition) is 1. The van der Waals surface area contributed by atoms with Gasteiger partial charge in [0.2, 0.25) is 5.95 Å². The Morgan fingerprint density at radius 3 is 2.81 bits per heavy atom. The van der Waals surface area contributed by atoms with Gasteiger partial charge in [-0.15, -0.1) is 0 Å². The Hall–Kier alpha value is -2.84. The normalized spacial score (nSPS) is 24.3. The van der Waals surface area contributed by atoms with Crippen LogP contribution in [-0.4, -0.2) is 72.9 Å². The van der Waals surface area contributed by atoms with Gasteiger partial charge in [-0.2, -0.15) is 4.39 Å². The maximum absolute atomic E-state index is 13.8. The maximum Gasteiger partial charge on any atom is 0.213 e. The van der Waals surface area contributed by atoms with Crippen molar-refractivity contribution in [2.24, 2.45) is 0 Å². The summed E-state index contributed by atoms with van der Waals surface area (Å²) in [5, 5.41) is 3.51. The van der Waals surface area contributed by atoms with E-state index in [1.807, 2.05) is 6.07 Å². The average molecular weight is 500 g/mol. The molecule has 3 aromatic rings. The first-order valence-electron chi connectivity index (χ1n) is 13.6. The average Bonchev–Trinajstić information content (AvgIpc) is 2.95. The summed E-state index contributed by atoms with van der Waals surface area (Å²) in [6.07, 6.45) is 3.92. The highest BCUT2D eigenvalue weighted by Crippen LogP contribution is 2.34. The summed E-state index contributed by atoms with van der Waals surface area (Å²) in [6, 6.07) is 17.1. The van der Waals surface area contributed by atoms with E-state index in [4.69, 9.17) is 4.74 Å². The van der Waals surface area contributed by atoms with Gasteiger partial charge in [0, 0.05) is 57.2 Å². The Morgan fingerprint density at radius 2 is 1.86 bits per heavy atom. The van der Waals surface area contributed by atoms with Gasteiger partial charge < -0.3 is 15.0 Å². The number of rotatable bonds is 3. The number of benzene rings is 2. The van der Waals surface area contributed by atoms with E-state index < -0.39 is 5.95 Å². The molecule has 192 valence electrons. The van der Waals surface area contributed by atoms with Crippen LogP contribution in [0.2, 0.25) is 0 Å². The Balaban J connectivity index is 1.09. The monoisotopic (exact) mass is 499 g/mol. The maximum atomic E-state index is 13.8. The number of halogens is 1. The summed E-state index contributed by atoms with van der Waals surface area (Å²) in [6.45, 7) is 8.61. The molecule has 7 heteroatoms. The SMILES string of the molecule is Fc1cc(-c2cccc3c2CCN(C2COCC4CN(c5cccc6c5CCNC6)CCN42)C3)ccn1. The largest absolute Gasteiger partial charge is 0.377 e. The highest BCUT2D eigenvalue weighted by molar-refractivity contribution is 5.69. The van der Waals surface area contributed by atoms with Gasteiger partial charge in [-0.05, 0) is 64.9 Å². The van der Waals surface area contributed by atoms with Crippen molar-refractivity contribution in [3.05, 3.63) is 82.9 Å². The van der Waals surface area contributed by atoms with E-state index in [2.05, 4.69) is 61.4 Å². The lowest BCUT2D eigenvalue weighted by Gasteiger charge is -2.52. The summed E-state index contributed by atoms with van der Waals surface area (Å²) in [5.74, 6) is -0.426. The lowest BCUT2D eigenvalue weighted by molar-refractivity contribution is -0.115. The van der Waals surface area contributed by atoms with Crippen molar-refractivity contribution in [2.75, 3.05) is 50.8 Å². The third-order valence-corrected chi connectivity index (χ3v) is 8.70. The minimum absolute atomic E-state index is 0.296. The van der Waals surface area contributed by atoms with Gasteiger partial charge in [0.1, 0.15) is 0 Å². The molecule has 0 bridgehead atoms. The fourth-order valence-electron chi connectivity index (χ4n) is 6.88. The summed E-state index contributed by atoms with van der Waals surface area (Å²) < 4.78 is 20.0. The molecule has 1 aromatic heterocycles. The number of fused-ring (bicyclic) bond motifs is 3. The zero-order valence-corrected chi connectivity index (χ0v) is 21.2. The summed E-state index contributed by atoms with van der Waals surface area (Å²) in [5.41, 5.74) is 9.12. The molecule has 4 aliphatic rings. The smallest absolute Gasteiger partial charge is 0.213 e. The number of hydrogen-bond acceptors (Lipinski definition) is 6. The van der Waals surface area contributed by atoms with Crippen LogP contribution < -0.4 is 10.2 Å². The lowest BCUT2D eigenvalue weighted by atomic mass is 9.90. The molecule has 1 N–H and O–H groups in total. The zero-order chi connectivity index (χ0) is 24.8. The molecule has 2 aromatic carbocycles. The van der Waals surface area contributed by atoms with Crippen molar-refractivity contribution in [3.63, 3.8) is 0 Å². The minimum atomic E-state index is -0.426. The third kappa shape index (κ3) is 4.34. The van der Waals surface area contributed by atoms with E-state index in [0.29, 0.717) is 12.2 Å². The first-order valence-corrected chi connectivity index (χ1v) is 13.6. The number of pyridine rings is 1. The van der Waals surface area contributed by atoms with Crippen LogP contribution in [0.15, 0.2) is 54.7 Å². The molecule has 4 aliphatic heterocycles. The van der Waals surface area contributed by atoms with Gasteiger partial charge in [0.25, 0.3) is 0 Å². The molecule has 0 radical (unpaired) electrons. The Labute approximate surface area is 218 Å². The predicted octanol–water partition coefficient (Wildman–Crippen LogP) is 3.44. The second kappa shape index (κ2) is 9.80. The minimum Gasteiger partial charge on any atom is -0.377 e. The van der Waals surface area contributed by atoms with Gasteiger partial charge in [-0.3, -0.25) is 9.80 Å². The number of anilines is 1. The summed E-state index contributed by atoms with van der Waals surface area (Å²) in [7, 11) is 0. The van der Waals surface area contributed by atoms with E-state index >= 15 is 0 Å². The molecule has 37 heavy (non-hydrogen) atoms. The second-order valence-corrected chi connectivity index (χ2v) is 10.7. The van der Waals surface area contributed by atoms with Crippen LogP contribution in [0.5, 0.6) is 0 Å². The molecular weight excluding hydrogens is 465 g/mol. The topological polar surface area (TPSA) is 43.9 Å². The van der Waals surface area contributed by atoms with Gasteiger partial charge >= 0.3 is 0 Å². The number of morpholine rings is 1. The van der Waals surface area contributed by atoms with E-state index in [9.17, 15) is 4.39 Å². The molecule has 0 aliphatic carbocycles. The van der Waals surface area contributed by atoms with E-state index in [-0.39, 0.29) is 0 Å². The fourth-order valence-corrected chi connectivity index (χ4v) is 6.88. The molecule has 2 atom stereocenters. The van der Waals surface area contributed by atoms with Crippen molar-refractivity contribution in [3.8, 4) is 11.1 Å². The van der Waals surface area contributed by atoms with Crippen LogP contribution in [0.4, 0.5) is 10.1 Å². The van der Waals surface area contributed by atoms with Crippen molar-refractivity contribution in [1.82, 2.24) is 20.1 Å². The zero-order valence-electron chi connectivity index (χ0n) is 21.2. The molecule has 6 nitrogen and oxygen atoms in total. The first-order chi connectivity index (χ1) is 18.2. The fraction of sp³-hybridized carbons (Fsp3) is 0.433. The quantitative estimate of drug-likeness (QED) is 0.557. The number of aromatic nitrogens is 1. The van der Waals surface area contributed by atoms with Crippen LogP contribution in [0.25, 0.3) is 11.1 Å². The molecule has 2 unspecified atom stereocenters. The molecule has 2 fully saturated rings. The van der Waals surface area contributed by atoms with Crippen molar-refractivity contribution in [1.29, 1.82) is 0 Å². The van der Waals surface area contributed by atoms with E-state index in [0.717, 1.165) is 83.0 Å². The van der Waals surface area contributed by atoms with Gasteiger partial charge in [0.05, 0.1) is 25.4 Å². The second-order valence-electron chi connectivity index (χ2n) is 10.7. The summed E-state index contributed by atoms with van der Waals surface area (Å²) in [4.78, 5) is 11.6. The first kappa shape index (κ1) is 23.3. The summed E-state index contributed by atoms with van der Waals surface area (Å²) >= 11 is 0. The number of piperazine rings is 1. The third-order valence-electron chi connectivity index (χ3n) is 8.70. The standard InChI is InChI=1S/C30H34FN5O/c31-29-15-21(7-11-33-29)25-5-1-4-23-17-35(12-9-26(23)25)30-20-37-19-24-18-34(13-14-36(24)30)28-6-2-3-22-16-32-10-8-27(22)28/h1-7,11,15,24,30,32H,8-10,12-14,16-20H2. The van der Waals surface area contributed by atoms with E-state index in [1.165, 1.54) is 27.9 Å². The van der Waals surface area contributed by atoms with Crippen LogP contribution in [-0.2, 0) is 30.7 Å². The molecule has 5 heterocycles. The lowest BCUT2D eigenvalue weighted by Crippen LogP contribution is -2.66. The highest BCUT2D eigenvalue weighted by Gasteiger charge is 2.40. The number of ether oxygens (including phenoxy) is 1.